The van der Waals surface area contributed by atoms with Crippen molar-refractivity contribution >= 4 is 40.2 Å². The molecule has 0 aliphatic rings. The molecule has 164 valence electrons. The standard InChI is InChI=1S/C6H12F6N5O6S4.K/c1-16(2)26(22,13-24(18,19)5(7,8)9)15-27(23,17(3)4)14-25(20,21)6(10,11)12;/h1-4H3;/q-1;+1. The molecule has 0 radical (unpaired) electrons. The van der Waals surface area contributed by atoms with Gasteiger partial charge in [0, 0.05) is 0 Å². The normalized spacial score (nSPS) is 18.1. The van der Waals surface area contributed by atoms with Crippen molar-refractivity contribution < 1.29 is 103 Å². The van der Waals surface area contributed by atoms with Crippen molar-refractivity contribution in [2.24, 2.45) is 7.54 Å². The van der Waals surface area contributed by atoms with E-state index >= 15 is 0 Å². The molecule has 0 saturated heterocycles. The van der Waals surface area contributed by atoms with Crippen LogP contribution in [-0.4, -0.2) is 73.1 Å². The third-order valence-electron chi connectivity index (χ3n) is 2.12. The van der Waals surface area contributed by atoms with Gasteiger partial charge in [0.05, 0.1) is 20.2 Å². The largest absolute Gasteiger partial charge is 1.00 e. The summed E-state index contributed by atoms with van der Waals surface area (Å²) in [6.07, 6.45) is 0. The number of rotatable bonds is 6. The maximum absolute atomic E-state index is 12.4. The monoisotopic (exact) mass is 531 g/mol. The second-order valence-corrected chi connectivity index (χ2v) is 12.6. The first-order chi connectivity index (χ1) is 11.5. The Morgan fingerprint density at radius 3 is 1.00 bits per heavy atom. The Bertz CT molecular complexity index is 934. The maximum Gasteiger partial charge on any atom is 1.00 e. The Hall–Kier alpha value is 0.896. The summed E-state index contributed by atoms with van der Waals surface area (Å²) in [5.74, 6) is 0. The molecule has 0 rings (SSSR count). The van der Waals surface area contributed by atoms with Gasteiger partial charge in [0.15, 0.2) is 0 Å². The van der Waals surface area contributed by atoms with E-state index in [-0.39, 0.29) is 60.0 Å². The summed E-state index contributed by atoms with van der Waals surface area (Å²) in [7, 11) is -21.0. The van der Waals surface area contributed by atoms with Crippen LogP contribution in [-0.2, 0) is 40.2 Å². The van der Waals surface area contributed by atoms with Gasteiger partial charge in [0.25, 0.3) is 0 Å². The van der Waals surface area contributed by atoms with E-state index in [9.17, 15) is 51.6 Å². The minimum absolute atomic E-state index is 0. The van der Waals surface area contributed by atoms with Crippen molar-refractivity contribution in [3.63, 3.8) is 0 Å². The van der Waals surface area contributed by atoms with Gasteiger partial charge in [0.2, 0.25) is 0 Å². The minimum atomic E-state index is -6.51. The molecule has 2 unspecified atom stereocenters. The predicted octanol–water partition coefficient (Wildman–Crippen LogP) is -2.22. The zero-order valence-corrected chi connectivity index (χ0v) is 21.0. The van der Waals surface area contributed by atoms with E-state index in [0.29, 0.717) is 28.2 Å². The third-order valence-corrected chi connectivity index (χ3v) is 9.87. The van der Waals surface area contributed by atoms with Gasteiger partial charge >= 0.3 is 82.4 Å². The van der Waals surface area contributed by atoms with Gasteiger partial charge in [-0.05, 0) is 28.2 Å². The van der Waals surface area contributed by atoms with E-state index < -0.39 is 51.3 Å². The molecule has 0 heterocycles. The Morgan fingerprint density at radius 2 is 0.857 bits per heavy atom. The average Bonchev–Trinajstić information content (AvgIpc) is 2.33. The summed E-state index contributed by atoms with van der Waals surface area (Å²) in [6, 6.07) is 0. The van der Waals surface area contributed by atoms with Gasteiger partial charge < -0.3 is 4.13 Å². The van der Waals surface area contributed by atoms with E-state index in [1.165, 1.54) is 0 Å². The van der Waals surface area contributed by atoms with Gasteiger partial charge in [-0.2, -0.15) is 43.2 Å². The number of hydrogen-bond acceptors (Lipinski definition) is 6. The predicted molar refractivity (Wildman–Crippen MR) is 81.8 cm³/mol. The van der Waals surface area contributed by atoms with Crippen LogP contribution >= 0.6 is 0 Å². The van der Waals surface area contributed by atoms with Crippen LogP contribution in [0.5, 0.6) is 0 Å². The quantitative estimate of drug-likeness (QED) is 0.280. The van der Waals surface area contributed by atoms with E-state index in [2.05, 4.69) is 4.13 Å². The molecule has 0 bridgehead atoms. The smallest absolute Gasteiger partial charge is 0.443 e. The molecule has 2 atom stereocenters. The van der Waals surface area contributed by atoms with Gasteiger partial charge in [0.1, 0.15) is 0 Å². The fourth-order valence-corrected chi connectivity index (χ4v) is 7.33. The van der Waals surface area contributed by atoms with Crippen molar-refractivity contribution in [3.8, 4) is 0 Å². The molecule has 0 aliphatic carbocycles. The van der Waals surface area contributed by atoms with Crippen molar-refractivity contribution in [2.45, 2.75) is 11.0 Å². The molecular formula is C6H12F6KN5O6S4. The fraction of sp³-hybridized carbons (Fsp3) is 1.00. The van der Waals surface area contributed by atoms with E-state index in [4.69, 9.17) is 0 Å². The van der Waals surface area contributed by atoms with Gasteiger partial charge in [-0.1, -0.05) is 0 Å². The van der Waals surface area contributed by atoms with Crippen LogP contribution in [0.4, 0.5) is 26.3 Å². The van der Waals surface area contributed by atoms with E-state index in [0.717, 1.165) is 0 Å². The molecule has 0 aliphatic heterocycles. The topological polar surface area (TPSA) is 148 Å². The van der Waals surface area contributed by atoms with Crippen LogP contribution in [0.25, 0.3) is 4.13 Å². The maximum atomic E-state index is 12.4. The Morgan fingerprint density at radius 1 is 0.643 bits per heavy atom. The second kappa shape index (κ2) is 9.58. The van der Waals surface area contributed by atoms with Crippen molar-refractivity contribution in [3.05, 3.63) is 4.13 Å². The molecule has 0 N–H and O–H groups in total. The third kappa shape index (κ3) is 7.54. The summed E-state index contributed by atoms with van der Waals surface area (Å²) in [5.41, 5.74) is -12.1. The molecule has 0 fully saturated rings. The molecule has 22 heteroatoms. The van der Waals surface area contributed by atoms with Gasteiger partial charge in [-0.15, -0.1) is 7.54 Å². The van der Waals surface area contributed by atoms with Crippen molar-refractivity contribution in [1.82, 2.24) is 8.61 Å². The number of halogens is 6. The summed E-state index contributed by atoms with van der Waals surface area (Å²) in [4.78, 5) is 0. The molecule has 0 aromatic carbocycles. The van der Waals surface area contributed by atoms with E-state index in [1.807, 2.05) is 7.54 Å². The van der Waals surface area contributed by atoms with Crippen LogP contribution in [0.3, 0.4) is 0 Å². The average molecular weight is 532 g/mol. The summed E-state index contributed by atoms with van der Waals surface area (Å²) < 4.78 is 150. The molecule has 0 amide bonds. The number of sulfonamides is 2. The number of nitrogens with zero attached hydrogens (tertiary/aromatic N) is 5. The molecule has 0 saturated carbocycles. The number of hydrogen-bond donors (Lipinski definition) is 0. The summed E-state index contributed by atoms with van der Waals surface area (Å²) in [5, 5.41) is 0. The Balaban J connectivity index is 0. The zero-order valence-electron chi connectivity index (χ0n) is 14.6. The SMILES string of the molecule is CN(C)S(=O)(=NS(=O)(=O)C(F)(F)F)[N-]S(=O)(=NS(=O)(=O)C(F)(F)F)N(C)C.[K+]. The van der Waals surface area contributed by atoms with Crippen LogP contribution < -0.4 is 51.4 Å². The second-order valence-electron chi connectivity index (χ2n) is 4.63. The van der Waals surface area contributed by atoms with Crippen molar-refractivity contribution in [2.75, 3.05) is 28.2 Å². The van der Waals surface area contributed by atoms with Crippen LogP contribution in [0.2, 0.25) is 0 Å². The van der Waals surface area contributed by atoms with Crippen molar-refractivity contribution in [1.29, 1.82) is 0 Å². The van der Waals surface area contributed by atoms with Gasteiger partial charge in [-0.25, -0.2) is 8.61 Å². The number of alkyl halides is 6. The zero-order chi connectivity index (χ0) is 22.3. The molecule has 0 spiro atoms. The molecule has 0 aromatic rings. The van der Waals surface area contributed by atoms with Crippen LogP contribution in [0.1, 0.15) is 0 Å². The summed E-state index contributed by atoms with van der Waals surface area (Å²) in [6.45, 7) is 0. The first-order valence-corrected chi connectivity index (χ1v) is 11.5. The van der Waals surface area contributed by atoms with Crippen LogP contribution in [0.15, 0.2) is 7.54 Å². The summed E-state index contributed by atoms with van der Waals surface area (Å²) >= 11 is 0. The van der Waals surface area contributed by atoms with E-state index in [1.54, 1.807) is 0 Å². The Labute approximate surface area is 200 Å². The minimum Gasteiger partial charge on any atom is -0.443 e. The van der Waals surface area contributed by atoms with Gasteiger partial charge in [-0.3, -0.25) is 8.42 Å². The first kappa shape index (κ1) is 31.1. The van der Waals surface area contributed by atoms with Crippen LogP contribution in [0, 0.1) is 0 Å². The molecule has 11 nitrogen and oxygen atoms in total. The molecule has 28 heavy (non-hydrogen) atoms. The first-order valence-electron chi connectivity index (χ1n) is 5.79. The Kier molecular flexibility index (Phi) is 10.6. The molecular weight excluding hydrogens is 519 g/mol. The fourth-order valence-electron chi connectivity index (χ4n) is 0.761. The molecule has 0 aromatic heterocycles.